The van der Waals surface area contributed by atoms with Gasteiger partial charge in [-0.05, 0) is 35.2 Å². The predicted molar refractivity (Wildman–Crippen MR) is 123 cm³/mol. The van der Waals surface area contributed by atoms with Gasteiger partial charge >= 0.3 is 0 Å². The van der Waals surface area contributed by atoms with Crippen LogP contribution >= 0.6 is 0 Å². The normalized spacial score (nSPS) is 11.6. The molecular formula is C27H40. The first-order valence-electron chi connectivity index (χ1n) is 11.6. The third-order valence-corrected chi connectivity index (χ3v) is 5.56. The first-order valence-corrected chi connectivity index (χ1v) is 11.6. The second-order valence-electron chi connectivity index (χ2n) is 8.04. The van der Waals surface area contributed by atoms with Gasteiger partial charge in [0, 0.05) is 0 Å². The van der Waals surface area contributed by atoms with Crippen LogP contribution in [0.5, 0.6) is 0 Å². The lowest BCUT2D eigenvalue weighted by molar-refractivity contribution is 0.540. The van der Waals surface area contributed by atoms with Gasteiger partial charge in [-0.25, -0.2) is 0 Å². The molecule has 0 aliphatic rings. The summed E-state index contributed by atoms with van der Waals surface area (Å²) in [5.41, 5.74) is 1.32. The standard InChI is InChI=1S/C27H40/c1-2-3-4-5-6-7-8-9-10-11-12-13-14-15-16-19-25-22-23-26-20-17-18-21-27(26)24-25/h16-24H,2-15H2,1H3/b19-16+. The fraction of sp³-hybridized carbons (Fsp3) is 0.556. The van der Waals surface area contributed by atoms with Crippen LogP contribution in [-0.4, -0.2) is 0 Å². The molecule has 0 saturated heterocycles. The molecule has 0 saturated carbocycles. The minimum atomic E-state index is 1.21. The van der Waals surface area contributed by atoms with Crippen LogP contribution in [0.25, 0.3) is 16.8 Å². The van der Waals surface area contributed by atoms with E-state index in [1.165, 1.54) is 106 Å². The Bertz CT molecular complexity index is 637. The minimum absolute atomic E-state index is 1.21. The van der Waals surface area contributed by atoms with E-state index < -0.39 is 0 Å². The number of hydrogen-bond acceptors (Lipinski definition) is 0. The van der Waals surface area contributed by atoms with E-state index >= 15 is 0 Å². The fourth-order valence-corrected chi connectivity index (χ4v) is 3.81. The largest absolute Gasteiger partial charge is 0.0839 e. The summed E-state index contributed by atoms with van der Waals surface area (Å²) in [6.45, 7) is 2.29. The molecule has 0 aliphatic heterocycles. The van der Waals surface area contributed by atoms with Crippen molar-refractivity contribution in [2.24, 2.45) is 0 Å². The minimum Gasteiger partial charge on any atom is -0.0839 e. The van der Waals surface area contributed by atoms with Crippen molar-refractivity contribution in [3.8, 4) is 0 Å². The molecular weight excluding hydrogens is 324 g/mol. The van der Waals surface area contributed by atoms with Crippen LogP contribution in [0.1, 0.15) is 102 Å². The number of hydrogen-bond donors (Lipinski definition) is 0. The molecule has 2 aromatic rings. The average Bonchev–Trinajstić information content (AvgIpc) is 2.71. The van der Waals surface area contributed by atoms with Gasteiger partial charge in [-0.2, -0.15) is 0 Å². The molecule has 0 aliphatic carbocycles. The zero-order valence-electron chi connectivity index (χ0n) is 17.6. The lowest BCUT2D eigenvalue weighted by Gasteiger charge is -2.02. The predicted octanol–water partition coefficient (Wildman–Crippen LogP) is 9.33. The summed E-state index contributed by atoms with van der Waals surface area (Å²) in [6, 6.07) is 15.3. The van der Waals surface area contributed by atoms with E-state index in [1.54, 1.807) is 0 Å². The smallest absolute Gasteiger partial charge is 0.0178 e. The molecule has 0 heteroatoms. The summed E-state index contributed by atoms with van der Waals surface area (Å²) in [4.78, 5) is 0. The van der Waals surface area contributed by atoms with Crippen molar-refractivity contribution >= 4 is 16.8 Å². The zero-order valence-corrected chi connectivity index (χ0v) is 17.6. The SMILES string of the molecule is CCCCCCCCCCCCCCC/C=C/c1ccc2ccccc2c1. The van der Waals surface area contributed by atoms with E-state index in [-0.39, 0.29) is 0 Å². The molecule has 0 N–H and O–H groups in total. The van der Waals surface area contributed by atoms with Crippen molar-refractivity contribution in [1.29, 1.82) is 0 Å². The van der Waals surface area contributed by atoms with Crippen LogP contribution in [0, 0.1) is 0 Å². The highest BCUT2D eigenvalue weighted by molar-refractivity contribution is 5.84. The van der Waals surface area contributed by atoms with Gasteiger partial charge in [0.25, 0.3) is 0 Å². The summed E-state index contributed by atoms with van der Waals surface area (Å²) in [5.74, 6) is 0. The Labute approximate surface area is 168 Å². The van der Waals surface area contributed by atoms with Gasteiger partial charge < -0.3 is 0 Å². The highest BCUT2D eigenvalue weighted by Gasteiger charge is 1.94. The third kappa shape index (κ3) is 9.80. The summed E-state index contributed by atoms with van der Waals surface area (Å²) in [5, 5.41) is 2.66. The van der Waals surface area contributed by atoms with Gasteiger partial charge in [0.15, 0.2) is 0 Å². The molecule has 0 radical (unpaired) electrons. The molecule has 2 rings (SSSR count). The Morgan fingerprint density at radius 3 is 1.78 bits per heavy atom. The monoisotopic (exact) mass is 364 g/mol. The van der Waals surface area contributed by atoms with Crippen molar-refractivity contribution in [2.45, 2.75) is 96.8 Å². The second-order valence-corrected chi connectivity index (χ2v) is 8.04. The molecule has 0 amide bonds. The molecule has 0 bridgehead atoms. The number of allylic oxidation sites excluding steroid dienone is 1. The second kappa shape index (κ2) is 14.5. The molecule has 148 valence electrons. The van der Waals surface area contributed by atoms with E-state index in [1.807, 2.05) is 0 Å². The average molecular weight is 365 g/mol. The van der Waals surface area contributed by atoms with Gasteiger partial charge in [0.2, 0.25) is 0 Å². The van der Waals surface area contributed by atoms with Crippen LogP contribution in [0.4, 0.5) is 0 Å². The molecule has 0 aromatic heterocycles. The summed E-state index contributed by atoms with van der Waals surface area (Å²) >= 11 is 0. The molecule has 0 fully saturated rings. The lowest BCUT2D eigenvalue weighted by atomic mass is 10.0. The summed E-state index contributed by atoms with van der Waals surface area (Å²) < 4.78 is 0. The quantitative estimate of drug-likeness (QED) is 0.276. The molecule has 2 aromatic carbocycles. The maximum atomic E-state index is 2.35. The Morgan fingerprint density at radius 1 is 0.593 bits per heavy atom. The maximum absolute atomic E-state index is 2.35. The van der Waals surface area contributed by atoms with Crippen LogP contribution in [-0.2, 0) is 0 Å². The van der Waals surface area contributed by atoms with Crippen molar-refractivity contribution in [3.05, 3.63) is 54.1 Å². The highest BCUT2D eigenvalue weighted by Crippen LogP contribution is 2.17. The topological polar surface area (TPSA) is 0 Å². The Kier molecular flexibility index (Phi) is 11.7. The highest BCUT2D eigenvalue weighted by atomic mass is 14.0. The van der Waals surface area contributed by atoms with Crippen molar-refractivity contribution < 1.29 is 0 Å². The van der Waals surface area contributed by atoms with Gasteiger partial charge in [-0.1, -0.05) is 133 Å². The van der Waals surface area contributed by atoms with Crippen LogP contribution in [0.2, 0.25) is 0 Å². The van der Waals surface area contributed by atoms with Crippen molar-refractivity contribution in [2.75, 3.05) is 0 Å². The molecule has 0 nitrogen and oxygen atoms in total. The van der Waals surface area contributed by atoms with Crippen LogP contribution < -0.4 is 0 Å². The van der Waals surface area contributed by atoms with E-state index in [9.17, 15) is 0 Å². The number of fused-ring (bicyclic) bond motifs is 1. The van der Waals surface area contributed by atoms with Gasteiger partial charge in [-0.15, -0.1) is 0 Å². The van der Waals surface area contributed by atoms with E-state index in [2.05, 4.69) is 61.5 Å². The number of rotatable bonds is 15. The first kappa shape index (κ1) is 21.7. The van der Waals surface area contributed by atoms with Crippen LogP contribution in [0.15, 0.2) is 48.5 Å². The molecule has 0 unspecified atom stereocenters. The van der Waals surface area contributed by atoms with Crippen LogP contribution in [0.3, 0.4) is 0 Å². The Hall–Kier alpha value is -1.56. The number of benzene rings is 2. The van der Waals surface area contributed by atoms with Gasteiger partial charge in [0.05, 0.1) is 0 Å². The zero-order chi connectivity index (χ0) is 19.0. The molecule has 0 heterocycles. The number of unbranched alkanes of at least 4 members (excludes halogenated alkanes) is 13. The van der Waals surface area contributed by atoms with Gasteiger partial charge in [0.1, 0.15) is 0 Å². The van der Waals surface area contributed by atoms with Gasteiger partial charge in [-0.3, -0.25) is 0 Å². The first-order chi connectivity index (χ1) is 13.4. The van der Waals surface area contributed by atoms with E-state index in [0.717, 1.165) is 0 Å². The molecule has 27 heavy (non-hydrogen) atoms. The molecule has 0 spiro atoms. The third-order valence-electron chi connectivity index (χ3n) is 5.56. The van der Waals surface area contributed by atoms with Crippen molar-refractivity contribution in [1.82, 2.24) is 0 Å². The van der Waals surface area contributed by atoms with E-state index in [0.29, 0.717) is 0 Å². The maximum Gasteiger partial charge on any atom is -0.0178 e. The Balaban J connectivity index is 1.42. The lowest BCUT2D eigenvalue weighted by Crippen LogP contribution is -1.82. The summed E-state index contributed by atoms with van der Waals surface area (Å²) in [6.07, 6.45) is 24.4. The van der Waals surface area contributed by atoms with Crippen molar-refractivity contribution in [3.63, 3.8) is 0 Å². The van der Waals surface area contributed by atoms with E-state index in [4.69, 9.17) is 0 Å². The Morgan fingerprint density at radius 2 is 1.15 bits per heavy atom. The fourth-order valence-electron chi connectivity index (χ4n) is 3.81. The molecule has 0 atom stereocenters. The summed E-state index contributed by atoms with van der Waals surface area (Å²) in [7, 11) is 0.